The van der Waals surface area contributed by atoms with E-state index in [9.17, 15) is 13.6 Å². The lowest BCUT2D eigenvalue weighted by Crippen LogP contribution is -3.08. The van der Waals surface area contributed by atoms with Crippen molar-refractivity contribution >= 4 is 23.2 Å². The van der Waals surface area contributed by atoms with Crippen LogP contribution in [0.1, 0.15) is 5.56 Å². The topological polar surface area (TPSA) is 64.9 Å². The van der Waals surface area contributed by atoms with Gasteiger partial charge in [-0.2, -0.15) is 8.78 Å². The molecule has 26 heavy (non-hydrogen) atoms. The number of methoxy groups -OCH3 is 1. The van der Waals surface area contributed by atoms with E-state index in [0.717, 1.165) is 10.5 Å². The SMILES string of the molecule is COc1cc(C[NH+](C)CC(=O)Nc2cccnc2Cl)ccc1OC(F)F. The van der Waals surface area contributed by atoms with Crippen LogP contribution >= 0.6 is 11.6 Å². The van der Waals surface area contributed by atoms with Crippen LogP contribution in [0.2, 0.25) is 5.15 Å². The van der Waals surface area contributed by atoms with E-state index < -0.39 is 6.61 Å². The summed E-state index contributed by atoms with van der Waals surface area (Å²) in [6.45, 7) is -2.26. The molecule has 1 aromatic heterocycles. The number of benzene rings is 1. The lowest BCUT2D eigenvalue weighted by atomic mass is 10.2. The van der Waals surface area contributed by atoms with Gasteiger partial charge in [0.1, 0.15) is 6.54 Å². The molecular weight excluding hydrogens is 368 g/mol. The molecule has 0 fully saturated rings. The third kappa shape index (κ3) is 5.82. The molecule has 0 aliphatic rings. The van der Waals surface area contributed by atoms with Gasteiger partial charge in [-0.05, 0) is 30.3 Å². The predicted octanol–water partition coefficient (Wildman–Crippen LogP) is 2.00. The molecule has 0 saturated carbocycles. The average Bonchev–Trinajstić information content (AvgIpc) is 2.57. The average molecular weight is 387 g/mol. The molecule has 2 aromatic rings. The summed E-state index contributed by atoms with van der Waals surface area (Å²) in [5, 5.41) is 2.92. The second-order valence-electron chi connectivity index (χ2n) is 5.56. The second kappa shape index (κ2) is 9.30. The van der Waals surface area contributed by atoms with Crippen molar-refractivity contribution in [2.45, 2.75) is 13.2 Å². The summed E-state index contributed by atoms with van der Waals surface area (Å²) >= 11 is 5.91. The predicted molar refractivity (Wildman–Crippen MR) is 93.0 cm³/mol. The first kappa shape index (κ1) is 19.9. The van der Waals surface area contributed by atoms with E-state index >= 15 is 0 Å². The van der Waals surface area contributed by atoms with Crippen molar-refractivity contribution < 1.29 is 27.9 Å². The molecule has 0 radical (unpaired) electrons. The quantitative estimate of drug-likeness (QED) is 0.681. The van der Waals surface area contributed by atoms with Gasteiger partial charge >= 0.3 is 6.61 Å². The molecule has 1 atom stereocenters. The van der Waals surface area contributed by atoms with Gasteiger partial charge in [0.15, 0.2) is 23.2 Å². The fourth-order valence-electron chi connectivity index (χ4n) is 2.37. The van der Waals surface area contributed by atoms with E-state index in [4.69, 9.17) is 16.3 Å². The highest BCUT2D eigenvalue weighted by Gasteiger charge is 2.15. The van der Waals surface area contributed by atoms with Crippen LogP contribution in [0.4, 0.5) is 14.5 Å². The number of likely N-dealkylation sites (N-methyl/N-ethyl adjacent to an activating group) is 1. The monoisotopic (exact) mass is 386 g/mol. The Balaban J connectivity index is 1.95. The number of alkyl halides is 2. The zero-order valence-corrected chi connectivity index (χ0v) is 15.0. The molecule has 6 nitrogen and oxygen atoms in total. The number of halogens is 3. The molecule has 0 saturated heterocycles. The van der Waals surface area contributed by atoms with Crippen LogP contribution in [-0.4, -0.2) is 38.2 Å². The summed E-state index contributed by atoms with van der Waals surface area (Å²) in [6.07, 6.45) is 1.53. The first-order valence-corrected chi connectivity index (χ1v) is 8.10. The molecule has 1 amide bonds. The van der Waals surface area contributed by atoms with Crippen LogP contribution < -0.4 is 19.7 Å². The van der Waals surface area contributed by atoms with Crippen LogP contribution in [0.25, 0.3) is 0 Å². The Morgan fingerprint density at radius 3 is 2.77 bits per heavy atom. The van der Waals surface area contributed by atoms with Crippen molar-refractivity contribution in [1.29, 1.82) is 0 Å². The summed E-state index contributed by atoms with van der Waals surface area (Å²) < 4.78 is 34.2. The van der Waals surface area contributed by atoms with Crippen LogP contribution in [0.5, 0.6) is 11.5 Å². The maximum absolute atomic E-state index is 12.4. The molecule has 140 valence electrons. The molecule has 0 aliphatic carbocycles. The number of carbonyl (C=O) groups excluding carboxylic acids is 1. The first-order chi connectivity index (χ1) is 12.4. The summed E-state index contributed by atoms with van der Waals surface area (Å²) in [5.41, 5.74) is 1.26. The van der Waals surface area contributed by atoms with E-state index in [-0.39, 0.29) is 29.1 Å². The molecule has 1 aromatic carbocycles. The zero-order valence-electron chi connectivity index (χ0n) is 14.3. The number of nitrogens with zero attached hydrogens (tertiary/aromatic N) is 1. The van der Waals surface area contributed by atoms with Crippen LogP contribution in [-0.2, 0) is 11.3 Å². The minimum atomic E-state index is -2.92. The smallest absolute Gasteiger partial charge is 0.387 e. The minimum Gasteiger partial charge on any atom is -0.493 e. The Kier molecular flexibility index (Phi) is 7.11. The Labute approximate surface area is 154 Å². The van der Waals surface area contributed by atoms with Gasteiger partial charge in [0.25, 0.3) is 5.91 Å². The molecule has 0 bridgehead atoms. The zero-order chi connectivity index (χ0) is 19.1. The summed E-state index contributed by atoms with van der Waals surface area (Å²) in [5.74, 6) is -0.0444. The molecule has 1 unspecified atom stereocenters. The van der Waals surface area contributed by atoms with Crippen molar-refractivity contribution in [2.75, 3.05) is 26.0 Å². The Bertz CT molecular complexity index is 762. The molecule has 0 spiro atoms. The van der Waals surface area contributed by atoms with Crippen molar-refractivity contribution in [3.63, 3.8) is 0 Å². The van der Waals surface area contributed by atoms with Gasteiger partial charge in [0.2, 0.25) is 0 Å². The number of pyridine rings is 1. The number of anilines is 1. The van der Waals surface area contributed by atoms with Crippen molar-refractivity contribution in [3.8, 4) is 11.5 Å². The lowest BCUT2D eigenvalue weighted by molar-refractivity contribution is -0.885. The van der Waals surface area contributed by atoms with Gasteiger partial charge < -0.3 is 19.7 Å². The van der Waals surface area contributed by atoms with Crippen molar-refractivity contribution in [2.24, 2.45) is 0 Å². The third-order valence-electron chi connectivity index (χ3n) is 3.45. The Morgan fingerprint density at radius 1 is 1.35 bits per heavy atom. The van der Waals surface area contributed by atoms with Gasteiger partial charge in [0.05, 0.1) is 19.8 Å². The highest BCUT2D eigenvalue weighted by molar-refractivity contribution is 6.32. The number of amides is 1. The van der Waals surface area contributed by atoms with E-state index in [1.54, 1.807) is 24.3 Å². The largest absolute Gasteiger partial charge is 0.493 e. The number of rotatable bonds is 8. The second-order valence-corrected chi connectivity index (χ2v) is 5.92. The fraction of sp³-hybridized carbons (Fsp3) is 0.294. The first-order valence-electron chi connectivity index (χ1n) is 7.72. The van der Waals surface area contributed by atoms with Crippen molar-refractivity contribution in [3.05, 3.63) is 47.2 Å². The van der Waals surface area contributed by atoms with Crippen LogP contribution in [0.3, 0.4) is 0 Å². The van der Waals surface area contributed by atoms with Gasteiger partial charge in [-0.15, -0.1) is 0 Å². The maximum atomic E-state index is 12.4. The summed E-state index contributed by atoms with van der Waals surface area (Å²) in [4.78, 5) is 16.9. The summed E-state index contributed by atoms with van der Waals surface area (Å²) in [6, 6.07) is 8.02. The van der Waals surface area contributed by atoms with Gasteiger partial charge in [-0.25, -0.2) is 4.98 Å². The number of aromatic nitrogens is 1. The van der Waals surface area contributed by atoms with Gasteiger partial charge in [0, 0.05) is 11.8 Å². The van der Waals surface area contributed by atoms with Crippen molar-refractivity contribution in [1.82, 2.24) is 4.98 Å². The Hall–Kier alpha value is -2.45. The fourth-order valence-corrected chi connectivity index (χ4v) is 2.54. The standard InChI is InChI=1S/C17H18ClF2N3O3/c1-23(10-15(24)22-12-4-3-7-21-16(12)18)9-11-5-6-13(26-17(19)20)14(8-11)25-2/h3-8,17H,9-10H2,1-2H3,(H,22,24)/p+1. The molecule has 0 aliphatic heterocycles. The maximum Gasteiger partial charge on any atom is 0.387 e. The van der Waals surface area contributed by atoms with E-state index in [2.05, 4.69) is 15.0 Å². The van der Waals surface area contributed by atoms with Gasteiger partial charge in [-0.3, -0.25) is 4.79 Å². The highest BCUT2D eigenvalue weighted by Crippen LogP contribution is 2.29. The van der Waals surface area contributed by atoms with Crippen LogP contribution in [0, 0.1) is 0 Å². The van der Waals surface area contributed by atoms with E-state index in [0.29, 0.717) is 12.2 Å². The Morgan fingerprint density at radius 2 is 2.12 bits per heavy atom. The lowest BCUT2D eigenvalue weighted by Gasteiger charge is -2.16. The summed E-state index contributed by atoms with van der Waals surface area (Å²) in [7, 11) is 3.21. The van der Waals surface area contributed by atoms with E-state index in [1.165, 1.54) is 19.4 Å². The van der Waals surface area contributed by atoms with Crippen LogP contribution in [0.15, 0.2) is 36.5 Å². The number of hydrogen-bond donors (Lipinski definition) is 2. The minimum absolute atomic E-state index is 0.0344. The molecule has 2 rings (SSSR count). The highest BCUT2D eigenvalue weighted by atomic mass is 35.5. The third-order valence-corrected chi connectivity index (χ3v) is 3.75. The number of ether oxygens (including phenoxy) is 2. The number of hydrogen-bond acceptors (Lipinski definition) is 4. The van der Waals surface area contributed by atoms with E-state index in [1.807, 2.05) is 7.05 Å². The molecule has 1 heterocycles. The molecule has 9 heteroatoms. The number of quaternary nitrogens is 1. The normalized spacial score (nSPS) is 11.9. The molecular formula is C17H19ClF2N3O3+. The van der Waals surface area contributed by atoms with Gasteiger partial charge in [-0.1, -0.05) is 11.6 Å². The number of nitrogens with one attached hydrogen (secondary N) is 2. The molecule has 2 N–H and O–H groups in total. The number of carbonyl (C=O) groups is 1.